The Balaban J connectivity index is 2.71. The Bertz CT molecular complexity index is 421. The molecule has 0 spiro atoms. The molecule has 0 saturated carbocycles. The zero-order chi connectivity index (χ0) is 15.2. The van der Waals surface area contributed by atoms with Gasteiger partial charge in [-0.05, 0) is 19.0 Å². The number of halogens is 3. The van der Waals surface area contributed by atoms with Crippen LogP contribution in [0, 0.1) is 0 Å². The fraction of sp³-hybridized carbons (Fsp3) is 0.571. The Kier molecular flexibility index (Phi) is 6.13. The predicted molar refractivity (Wildman–Crippen MR) is 70.9 cm³/mol. The molecule has 0 amide bonds. The van der Waals surface area contributed by atoms with E-state index < -0.39 is 12.7 Å². The highest BCUT2D eigenvalue weighted by Crippen LogP contribution is 2.26. The second-order valence-electron chi connectivity index (χ2n) is 4.56. The summed E-state index contributed by atoms with van der Waals surface area (Å²) in [6, 6.07) is 4.69. The van der Waals surface area contributed by atoms with Crippen LogP contribution < -0.4 is 4.74 Å². The normalized spacial score (nSPS) is 11.9. The number of ether oxygens (including phenoxy) is 1. The first kappa shape index (κ1) is 16.6. The van der Waals surface area contributed by atoms with Crippen molar-refractivity contribution in [2.45, 2.75) is 33.0 Å². The molecule has 0 saturated heterocycles. The molecule has 0 atom stereocenters. The monoisotopic (exact) mass is 291 g/mol. The van der Waals surface area contributed by atoms with Crippen molar-refractivity contribution in [3.8, 4) is 11.5 Å². The molecule has 0 aliphatic rings. The van der Waals surface area contributed by atoms with Crippen LogP contribution in [0.2, 0.25) is 0 Å². The van der Waals surface area contributed by atoms with Gasteiger partial charge in [-0.3, -0.25) is 4.90 Å². The molecule has 0 aliphatic carbocycles. The highest BCUT2D eigenvalue weighted by atomic mass is 19.4. The fourth-order valence-corrected chi connectivity index (χ4v) is 1.76. The van der Waals surface area contributed by atoms with Crippen molar-refractivity contribution in [1.82, 2.24) is 4.90 Å². The molecule has 1 rings (SSSR count). The van der Waals surface area contributed by atoms with Crippen LogP contribution in [-0.4, -0.2) is 35.9 Å². The first-order valence-corrected chi connectivity index (χ1v) is 6.59. The van der Waals surface area contributed by atoms with Crippen LogP contribution in [0.15, 0.2) is 18.2 Å². The summed E-state index contributed by atoms with van der Waals surface area (Å²) in [5.74, 6) is 0.478. The predicted octanol–water partition coefficient (Wildman–Crippen LogP) is 3.57. The van der Waals surface area contributed by atoms with Gasteiger partial charge in [0.15, 0.2) is 0 Å². The molecule has 3 nitrogen and oxygen atoms in total. The largest absolute Gasteiger partial charge is 0.507 e. The number of hydrogen-bond acceptors (Lipinski definition) is 3. The third-order valence-electron chi connectivity index (χ3n) is 2.77. The van der Waals surface area contributed by atoms with Gasteiger partial charge in [0.2, 0.25) is 0 Å². The maximum Gasteiger partial charge on any atom is 0.401 e. The molecule has 0 aromatic heterocycles. The van der Waals surface area contributed by atoms with E-state index in [1.54, 1.807) is 19.1 Å². The Hall–Kier alpha value is -1.43. The topological polar surface area (TPSA) is 32.7 Å². The molecule has 6 heteroatoms. The Morgan fingerprint density at radius 2 is 1.95 bits per heavy atom. The van der Waals surface area contributed by atoms with Crippen LogP contribution in [0.5, 0.6) is 11.5 Å². The van der Waals surface area contributed by atoms with E-state index in [0.29, 0.717) is 17.9 Å². The Morgan fingerprint density at radius 1 is 1.25 bits per heavy atom. The van der Waals surface area contributed by atoms with Crippen LogP contribution in [0.3, 0.4) is 0 Å². The molecular weight excluding hydrogens is 271 g/mol. The molecule has 1 N–H and O–H groups in total. The smallest absolute Gasteiger partial charge is 0.401 e. The number of aromatic hydroxyl groups is 1. The summed E-state index contributed by atoms with van der Waals surface area (Å²) in [7, 11) is 0. The number of nitrogens with zero attached hydrogens (tertiary/aromatic N) is 1. The van der Waals surface area contributed by atoms with E-state index in [0.717, 1.165) is 6.42 Å². The maximum absolute atomic E-state index is 12.4. The number of benzene rings is 1. The Labute approximate surface area is 117 Å². The van der Waals surface area contributed by atoms with Crippen molar-refractivity contribution >= 4 is 0 Å². The van der Waals surface area contributed by atoms with Crippen LogP contribution in [0.1, 0.15) is 25.8 Å². The first-order valence-electron chi connectivity index (χ1n) is 6.59. The quantitative estimate of drug-likeness (QED) is 0.833. The van der Waals surface area contributed by atoms with Gasteiger partial charge in [0.1, 0.15) is 11.5 Å². The maximum atomic E-state index is 12.4. The number of rotatable bonds is 7. The summed E-state index contributed by atoms with van der Waals surface area (Å²) in [6.45, 7) is 3.47. The molecule has 1 aromatic carbocycles. The van der Waals surface area contributed by atoms with E-state index in [4.69, 9.17) is 4.74 Å². The number of alkyl halides is 3. The highest BCUT2D eigenvalue weighted by molar-refractivity contribution is 5.39. The number of hydrogen-bond donors (Lipinski definition) is 1. The van der Waals surface area contributed by atoms with Gasteiger partial charge in [-0.1, -0.05) is 19.9 Å². The third kappa shape index (κ3) is 5.69. The van der Waals surface area contributed by atoms with Crippen molar-refractivity contribution < 1.29 is 23.0 Å². The van der Waals surface area contributed by atoms with E-state index in [1.165, 1.54) is 11.0 Å². The van der Waals surface area contributed by atoms with E-state index in [2.05, 4.69) is 0 Å². The first-order chi connectivity index (χ1) is 9.35. The molecule has 0 heterocycles. The average Bonchev–Trinajstić information content (AvgIpc) is 2.36. The van der Waals surface area contributed by atoms with Gasteiger partial charge < -0.3 is 9.84 Å². The van der Waals surface area contributed by atoms with E-state index in [1.807, 2.05) is 6.92 Å². The summed E-state index contributed by atoms with van der Waals surface area (Å²) >= 11 is 0. The van der Waals surface area contributed by atoms with Crippen molar-refractivity contribution in [2.75, 3.05) is 19.7 Å². The highest BCUT2D eigenvalue weighted by Gasteiger charge is 2.30. The lowest BCUT2D eigenvalue weighted by Crippen LogP contribution is -2.33. The zero-order valence-corrected chi connectivity index (χ0v) is 11.7. The summed E-state index contributed by atoms with van der Waals surface area (Å²) in [5.41, 5.74) is 0.458. The van der Waals surface area contributed by atoms with Gasteiger partial charge in [0.05, 0.1) is 13.2 Å². The Morgan fingerprint density at radius 3 is 2.45 bits per heavy atom. The van der Waals surface area contributed by atoms with Gasteiger partial charge in [0.25, 0.3) is 0 Å². The van der Waals surface area contributed by atoms with Crippen molar-refractivity contribution in [1.29, 1.82) is 0 Å². The SMILES string of the molecule is CCCOc1ccc(CN(CC)CC(F)(F)F)c(O)c1. The van der Waals surface area contributed by atoms with Gasteiger partial charge in [-0.25, -0.2) is 0 Å². The van der Waals surface area contributed by atoms with E-state index >= 15 is 0 Å². The van der Waals surface area contributed by atoms with Crippen LogP contribution >= 0.6 is 0 Å². The average molecular weight is 291 g/mol. The minimum absolute atomic E-state index is 0.0424. The number of phenolic OH excluding ortho intramolecular Hbond substituents is 1. The van der Waals surface area contributed by atoms with Crippen LogP contribution in [0.4, 0.5) is 13.2 Å². The standard InChI is InChI=1S/C14H20F3NO2/c1-3-7-20-12-6-5-11(13(19)8-12)9-18(4-2)10-14(15,16)17/h5-6,8,19H,3-4,7,9-10H2,1-2H3. The summed E-state index contributed by atoms with van der Waals surface area (Å²) in [6.07, 6.45) is -3.40. The van der Waals surface area contributed by atoms with Gasteiger partial charge >= 0.3 is 6.18 Å². The molecule has 0 aliphatic heterocycles. The summed E-state index contributed by atoms with van der Waals surface area (Å²) in [5, 5.41) is 9.85. The molecule has 114 valence electrons. The van der Waals surface area contributed by atoms with Gasteiger partial charge in [-0.2, -0.15) is 13.2 Å². The number of phenols is 1. The fourth-order valence-electron chi connectivity index (χ4n) is 1.76. The lowest BCUT2D eigenvalue weighted by Gasteiger charge is -2.22. The van der Waals surface area contributed by atoms with Gasteiger partial charge in [0, 0.05) is 18.2 Å². The minimum atomic E-state index is -4.24. The lowest BCUT2D eigenvalue weighted by atomic mass is 10.1. The van der Waals surface area contributed by atoms with Gasteiger partial charge in [-0.15, -0.1) is 0 Å². The lowest BCUT2D eigenvalue weighted by molar-refractivity contribution is -0.146. The van der Waals surface area contributed by atoms with Crippen LogP contribution in [0.25, 0.3) is 0 Å². The molecule has 0 unspecified atom stereocenters. The second kappa shape index (κ2) is 7.38. The van der Waals surface area contributed by atoms with Crippen molar-refractivity contribution in [3.05, 3.63) is 23.8 Å². The molecule has 0 radical (unpaired) electrons. The van der Waals surface area contributed by atoms with E-state index in [9.17, 15) is 18.3 Å². The summed E-state index contributed by atoms with van der Waals surface area (Å²) < 4.78 is 42.5. The van der Waals surface area contributed by atoms with Crippen molar-refractivity contribution in [2.24, 2.45) is 0 Å². The molecule has 1 aromatic rings. The summed E-state index contributed by atoms with van der Waals surface area (Å²) in [4.78, 5) is 1.22. The molecule has 20 heavy (non-hydrogen) atoms. The third-order valence-corrected chi connectivity index (χ3v) is 2.77. The minimum Gasteiger partial charge on any atom is -0.507 e. The zero-order valence-electron chi connectivity index (χ0n) is 11.7. The second-order valence-corrected chi connectivity index (χ2v) is 4.56. The molecule has 0 bridgehead atoms. The van der Waals surface area contributed by atoms with Crippen LogP contribution in [-0.2, 0) is 6.54 Å². The van der Waals surface area contributed by atoms with Crippen molar-refractivity contribution in [3.63, 3.8) is 0 Å². The molecular formula is C14H20F3NO2. The van der Waals surface area contributed by atoms with E-state index in [-0.39, 0.29) is 18.8 Å². The molecule has 0 fully saturated rings.